The number of rotatable bonds is 3. The number of hydrogen-bond acceptors (Lipinski definition) is 1. The zero-order valence-corrected chi connectivity index (χ0v) is 7.14. The van der Waals surface area contributed by atoms with Crippen LogP contribution in [0.15, 0.2) is 0 Å². The zero-order valence-electron chi connectivity index (χ0n) is 7.14. The van der Waals surface area contributed by atoms with Gasteiger partial charge in [0.25, 0.3) is 0 Å². The van der Waals surface area contributed by atoms with Crippen molar-refractivity contribution in [3.63, 3.8) is 0 Å². The lowest BCUT2D eigenvalue weighted by Crippen LogP contribution is -2.32. The Hall–Kier alpha value is -0.465. The molecule has 0 spiro atoms. The third-order valence-corrected chi connectivity index (χ3v) is 1.08. The van der Waals surface area contributed by atoms with Gasteiger partial charge in [0.1, 0.15) is 0 Å². The Bertz CT molecular complexity index is 112. The first kappa shape index (κ1) is 9.53. The van der Waals surface area contributed by atoms with E-state index in [2.05, 4.69) is 5.23 Å². The Kier molecular flexibility index (Phi) is 4.16. The van der Waals surface area contributed by atoms with E-state index in [4.69, 9.17) is 0 Å². The lowest BCUT2D eigenvalue weighted by Gasteiger charge is -2.07. The summed E-state index contributed by atoms with van der Waals surface area (Å²) in [6.45, 7) is 7.81. The summed E-state index contributed by atoms with van der Waals surface area (Å²) in [6.07, 6.45) is 0. The van der Waals surface area contributed by atoms with Crippen LogP contribution in [0.25, 0.3) is 0 Å². The van der Waals surface area contributed by atoms with Gasteiger partial charge in [0.15, 0.2) is 0 Å². The van der Waals surface area contributed by atoms with Gasteiger partial charge in [-0.1, -0.05) is 33.5 Å². The van der Waals surface area contributed by atoms with Crippen LogP contribution in [0.5, 0.6) is 0 Å². The molecule has 1 amide bonds. The number of carbonyl (C=O) groups is 1. The summed E-state index contributed by atoms with van der Waals surface area (Å²) in [4.78, 5) is 10.9. The van der Waals surface area contributed by atoms with E-state index in [1.165, 1.54) is 0 Å². The fraction of sp³-hybridized carbons (Fsp3) is 0.857. The van der Waals surface area contributed by atoms with E-state index in [0.29, 0.717) is 5.82 Å². The molecule has 0 aliphatic rings. The number of carbonyl (C=O) groups excluding carboxylic acids is 1. The molecule has 0 heterocycles. The van der Waals surface area contributed by atoms with Crippen molar-refractivity contribution in [2.45, 2.75) is 33.5 Å². The van der Waals surface area contributed by atoms with Gasteiger partial charge in [-0.25, -0.2) is 0 Å². The maximum atomic E-state index is 10.9. The smallest absolute Gasteiger partial charge is 0.249 e. The molecule has 0 rings (SSSR count). The van der Waals surface area contributed by atoms with Gasteiger partial charge in [-0.3, -0.25) is 4.79 Å². The molecule has 0 saturated carbocycles. The molecule has 0 aromatic rings. The fourth-order valence-electron chi connectivity index (χ4n) is 0.415. The summed E-state index contributed by atoms with van der Waals surface area (Å²) >= 11 is 0. The minimum Gasteiger partial charge on any atom is -0.403 e. The van der Waals surface area contributed by atoms with Crippen LogP contribution in [-0.2, 0) is 4.79 Å². The second-order valence-electron chi connectivity index (χ2n) is 3.07. The van der Waals surface area contributed by atoms with Crippen LogP contribution in [0.2, 0.25) is 5.82 Å². The lowest BCUT2D eigenvalue weighted by atomic mass is 9.78. The Labute approximate surface area is 63.7 Å². The van der Waals surface area contributed by atoms with E-state index >= 15 is 0 Å². The quantitative estimate of drug-likeness (QED) is 0.586. The molecule has 3 heteroatoms. The summed E-state index contributed by atoms with van der Waals surface area (Å²) in [5.41, 5.74) is 0. The van der Waals surface area contributed by atoms with Crippen molar-refractivity contribution < 1.29 is 4.79 Å². The topological polar surface area (TPSA) is 29.1 Å². The SMILES string of the molecule is CC(C)[B]NC(=O)C(C)C. The molecule has 0 atom stereocenters. The highest BCUT2D eigenvalue weighted by molar-refractivity contribution is 6.38. The van der Waals surface area contributed by atoms with Crippen molar-refractivity contribution in [2.24, 2.45) is 5.92 Å². The predicted molar refractivity (Wildman–Crippen MR) is 43.8 cm³/mol. The molecule has 57 valence electrons. The molecular weight excluding hydrogens is 125 g/mol. The summed E-state index contributed by atoms with van der Waals surface area (Å²) < 4.78 is 0. The van der Waals surface area contributed by atoms with Crippen LogP contribution in [0.1, 0.15) is 27.7 Å². The summed E-state index contributed by atoms with van der Waals surface area (Å²) in [5, 5.41) is 2.72. The number of hydrogen-bond donors (Lipinski definition) is 1. The minimum absolute atomic E-state index is 0.0787. The second-order valence-corrected chi connectivity index (χ2v) is 3.07. The zero-order chi connectivity index (χ0) is 8.15. The molecular formula is C7H15BNO. The van der Waals surface area contributed by atoms with Crippen molar-refractivity contribution >= 4 is 13.3 Å². The first-order valence-corrected chi connectivity index (χ1v) is 3.67. The largest absolute Gasteiger partial charge is 0.403 e. The third-order valence-electron chi connectivity index (χ3n) is 1.08. The summed E-state index contributed by atoms with van der Waals surface area (Å²) in [7, 11) is 1.81. The molecule has 10 heavy (non-hydrogen) atoms. The Morgan fingerprint density at radius 2 is 1.80 bits per heavy atom. The van der Waals surface area contributed by atoms with Crippen molar-refractivity contribution in [3.05, 3.63) is 0 Å². The summed E-state index contributed by atoms with van der Waals surface area (Å²) in [5.74, 6) is 0.589. The normalized spacial score (nSPS) is 10.2. The lowest BCUT2D eigenvalue weighted by molar-refractivity contribution is -0.122. The van der Waals surface area contributed by atoms with Crippen molar-refractivity contribution in [1.82, 2.24) is 5.23 Å². The second kappa shape index (κ2) is 4.37. The Balaban J connectivity index is 3.40. The Morgan fingerprint density at radius 1 is 1.30 bits per heavy atom. The average molecular weight is 140 g/mol. The van der Waals surface area contributed by atoms with Gasteiger partial charge in [-0.15, -0.1) is 0 Å². The van der Waals surface area contributed by atoms with E-state index in [9.17, 15) is 4.79 Å². The van der Waals surface area contributed by atoms with Crippen LogP contribution in [0.4, 0.5) is 0 Å². The minimum atomic E-state index is 0.0787. The van der Waals surface area contributed by atoms with Crippen molar-refractivity contribution in [3.8, 4) is 0 Å². The molecule has 0 aromatic heterocycles. The highest BCUT2D eigenvalue weighted by atomic mass is 16.1. The van der Waals surface area contributed by atoms with E-state index in [0.717, 1.165) is 0 Å². The van der Waals surface area contributed by atoms with Crippen LogP contribution in [0.3, 0.4) is 0 Å². The number of amides is 1. The average Bonchev–Trinajstić information content (AvgIpc) is 1.82. The predicted octanol–water partition coefficient (Wildman–Crippen LogP) is 1.21. The van der Waals surface area contributed by atoms with Crippen molar-refractivity contribution in [2.75, 3.05) is 0 Å². The fourth-order valence-corrected chi connectivity index (χ4v) is 0.415. The van der Waals surface area contributed by atoms with Crippen LogP contribution in [-0.4, -0.2) is 13.3 Å². The third kappa shape index (κ3) is 4.42. The van der Waals surface area contributed by atoms with Gasteiger partial charge >= 0.3 is 0 Å². The number of nitrogens with one attached hydrogen (secondary N) is 1. The van der Waals surface area contributed by atoms with Gasteiger partial charge in [-0.05, 0) is 0 Å². The maximum absolute atomic E-state index is 10.9. The van der Waals surface area contributed by atoms with Crippen LogP contribution in [0, 0.1) is 5.92 Å². The van der Waals surface area contributed by atoms with E-state index in [-0.39, 0.29) is 11.8 Å². The van der Waals surface area contributed by atoms with E-state index < -0.39 is 0 Å². The van der Waals surface area contributed by atoms with Gasteiger partial charge in [0.2, 0.25) is 13.3 Å². The van der Waals surface area contributed by atoms with Crippen molar-refractivity contribution in [1.29, 1.82) is 0 Å². The monoisotopic (exact) mass is 140 g/mol. The van der Waals surface area contributed by atoms with Gasteiger partial charge in [0.05, 0.1) is 0 Å². The van der Waals surface area contributed by atoms with Crippen LogP contribution >= 0.6 is 0 Å². The maximum Gasteiger partial charge on any atom is 0.249 e. The molecule has 1 N–H and O–H groups in total. The molecule has 0 bridgehead atoms. The van der Waals surface area contributed by atoms with Gasteiger partial charge < -0.3 is 5.23 Å². The molecule has 0 unspecified atom stereocenters. The molecule has 0 fully saturated rings. The molecule has 1 radical (unpaired) electrons. The van der Waals surface area contributed by atoms with Crippen LogP contribution < -0.4 is 5.23 Å². The highest BCUT2D eigenvalue weighted by Gasteiger charge is 2.06. The molecule has 0 aliphatic carbocycles. The molecule has 2 nitrogen and oxygen atoms in total. The van der Waals surface area contributed by atoms with E-state index in [1.54, 1.807) is 0 Å². The first-order valence-electron chi connectivity index (χ1n) is 3.67. The van der Waals surface area contributed by atoms with Gasteiger partial charge in [-0.2, -0.15) is 0 Å². The van der Waals surface area contributed by atoms with Gasteiger partial charge in [0, 0.05) is 5.92 Å². The standard InChI is InChI=1S/C7H15BNO/c1-5(2)7(10)9-8-6(3)4/h5-6H,1-4H3,(H,9,10). The molecule has 0 aromatic carbocycles. The first-order chi connectivity index (χ1) is 4.54. The summed E-state index contributed by atoms with van der Waals surface area (Å²) in [6, 6.07) is 0. The Morgan fingerprint density at radius 3 is 2.10 bits per heavy atom. The van der Waals surface area contributed by atoms with E-state index in [1.807, 2.05) is 35.1 Å². The molecule has 0 aliphatic heterocycles. The molecule has 0 saturated heterocycles. The highest BCUT2D eigenvalue weighted by Crippen LogP contribution is 1.95.